The number of fused-ring (bicyclic) bond motifs is 3. The number of thioether (sulfide) groups is 1. The summed E-state index contributed by atoms with van der Waals surface area (Å²) in [6, 6.07) is 9.67. The molecule has 1 fully saturated rings. The van der Waals surface area contributed by atoms with Gasteiger partial charge in [-0.2, -0.15) is 0 Å². The summed E-state index contributed by atoms with van der Waals surface area (Å²) in [5.74, 6) is 0.884. The minimum Gasteiger partial charge on any atom is -0.355 e. The van der Waals surface area contributed by atoms with E-state index in [1.165, 1.54) is 60.7 Å². The average Bonchev–Trinajstić information content (AvgIpc) is 3.21. The van der Waals surface area contributed by atoms with Gasteiger partial charge in [-0.15, -0.1) is 11.3 Å². The fraction of sp³-hybridized carbons (Fsp3) is 0.480. The van der Waals surface area contributed by atoms with Crippen molar-refractivity contribution in [1.82, 2.24) is 14.9 Å². The molecule has 0 radical (unpaired) electrons. The molecule has 32 heavy (non-hydrogen) atoms. The maximum atomic E-state index is 13.7. The molecule has 1 saturated carbocycles. The third-order valence-corrected chi connectivity index (χ3v) is 8.74. The van der Waals surface area contributed by atoms with Crippen LogP contribution >= 0.6 is 23.1 Å². The second-order valence-electron chi connectivity index (χ2n) is 8.86. The molecule has 0 saturated heterocycles. The van der Waals surface area contributed by atoms with Gasteiger partial charge in [0.1, 0.15) is 4.83 Å². The second-order valence-corrected chi connectivity index (χ2v) is 10.9. The van der Waals surface area contributed by atoms with Gasteiger partial charge in [0.25, 0.3) is 5.56 Å². The summed E-state index contributed by atoms with van der Waals surface area (Å²) in [5.41, 5.74) is 1.98. The predicted octanol–water partition coefficient (Wildman–Crippen LogP) is 5.11. The van der Waals surface area contributed by atoms with Crippen LogP contribution in [0.15, 0.2) is 40.3 Å². The topological polar surface area (TPSA) is 64.0 Å². The second kappa shape index (κ2) is 9.79. The number of hydrogen-bond donors (Lipinski definition) is 1. The van der Waals surface area contributed by atoms with Crippen LogP contribution < -0.4 is 10.9 Å². The molecule has 1 N–H and O–H groups in total. The smallest absolute Gasteiger partial charge is 0.267 e. The lowest BCUT2D eigenvalue weighted by Crippen LogP contribution is -2.31. The third kappa shape index (κ3) is 4.50. The summed E-state index contributed by atoms with van der Waals surface area (Å²) in [6.45, 7) is 0.759. The number of carbonyl (C=O) groups is 1. The quantitative estimate of drug-likeness (QED) is 0.404. The van der Waals surface area contributed by atoms with E-state index in [9.17, 15) is 9.59 Å². The molecule has 2 aliphatic rings. The van der Waals surface area contributed by atoms with Crippen LogP contribution in [-0.4, -0.2) is 27.8 Å². The number of aromatic nitrogens is 2. The van der Waals surface area contributed by atoms with Gasteiger partial charge in [-0.05, 0) is 62.1 Å². The molecule has 2 aliphatic carbocycles. The van der Waals surface area contributed by atoms with E-state index in [1.54, 1.807) is 15.9 Å². The Balaban J connectivity index is 1.42. The molecule has 1 aromatic carbocycles. The Bertz CT molecular complexity index is 1160. The number of thiophene rings is 1. The summed E-state index contributed by atoms with van der Waals surface area (Å²) in [6.07, 6.45) is 10.6. The van der Waals surface area contributed by atoms with E-state index in [-0.39, 0.29) is 17.2 Å². The van der Waals surface area contributed by atoms with Crippen molar-refractivity contribution in [1.29, 1.82) is 0 Å². The van der Waals surface area contributed by atoms with Crippen molar-refractivity contribution in [3.63, 3.8) is 0 Å². The Labute approximate surface area is 196 Å². The summed E-state index contributed by atoms with van der Waals surface area (Å²) < 4.78 is 1.70. The zero-order chi connectivity index (χ0) is 21.9. The number of rotatable bonds is 6. The Morgan fingerprint density at radius 3 is 2.69 bits per heavy atom. The van der Waals surface area contributed by atoms with Crippen LogP contribution in [0.2, 0.25) is 0 Å². The summed E-state index contributed by atoms with van der Waals surface area (Å²) in [5, 5.41) is 4.48. The van der Waals surface area contributed by atoms with Crippen LogP contribution in [0.4, 0.5) is 0 Å². The van der Waals surface area contributed by atoms with Gasteiger partial charge in [-0.3, -0.25) is 14.2 Å². The average molecular weight is 468 g/mol. The highest BCUT2D eigenvalue weighted by molar-refractivity contribution is 7.99. The Hall–Kier alpha value is -2.12. The molecule has 7 heteroatoms. The first-order chi connectivity index (χ1) is 15.7. The fourth-order valence-electron chi connectivity index (χ4n) is 4.92. The number of nitrogens with zero attached hydrogens (tertiary/aromatic N) is 2. The van der Waals surface area contributed by atoms with E-state index in [0.717, 1.165) is 41.7 Å². The number of carbonyl (C=O) groups excluding carboxylic acids is 1. The minimum absolute atomic E-state index is 0.00860. The minimum atomic E-state index is -0.00860. The van der Waals surface area contributed by atoms with Gasteiger partial charge < -0.3 is 5.32 Å². The molecule has 0 atom stereocenters. The number of aryl methyl sites for hydroxylation is 2. The standard InChI is InChI=1S/C25H29N3O2S2/c29-21(26-15-17-9-3-1-4-10-17)16-31-25-27-23-22(19-13-7-8-14-20(19)32-23)24(30)28(25)18-11-5-2-6-12-18/h2,5-6,11-12,17H,1,3-4,7-10,13-16H2,(H,26,29). The van der Waals surface area contributed by atoms with E-state index in [0.29, 0.717) is 11.1 Å². The van der Waals surface area contributed by atoms with Gasteiger partial charge in [0.2, 0.25) is 5.91 Å². The third-order valence-electron chi connectivity index (χ3n) is 6.62. The molecule has 5 nitrogen and oxygen atoms in total. The van der Waals surface area contributed by atoms with E-state index in [1.807, 2.05) is 30.3 Å². The molecule has 0 spiro atoms. The first-order valence-corrected chi connectivity index (χ1v) is 13.5. The van der Waals surface area contributed by atoms with E-state index in [2.05, 4.69) is 5.32 Å². The van der Waals surface area contributed by atoms with Crippen molar-refractivity contribution in [2.75, 3.05) is 12.3 Å². The van der Waals surface area contributed by atoms with E-state index in [4.69, 9.17) is 4.98 Å². The lowest BCUT2D eigenvalue weighted by Gasteiger charge is -2.21. The molecule has 168 valence electrons. The van der Waals surface area contributed by atoms with Crippen molar-refractivity contribution >= 4 is 39.2 Å². The fourth-order valence-corrected chi connectivity index (χ4v) is 7.06. The largest absolute Gasteiger partial charge is 0.355 e. The molecule has 2 heterocycles. The van der Waals surface area contributed by atoms with E-state index < -0.39 is 0 Å². The predicted molar refractivity (Wildman–Crippen MR) is 132 cm³/mol. The van der Waals surface area contributed by atoms with Crippen molar-refractivity contribution in [3.8, 4) is 5.69 Å². The first kappa shape index (κ1) is 21.7. The van der Waals surface area contributed by atoms with Crippen LogP contribution in [0, 0.1) is 5.92 Å². The SMILES string of the molecule is O=C(CSc1nc2sc3c(c2c(=O)n1-c1ccccc1)CCCC3)NCC1CCCCC1. The monoisotopic (exact) mass is 467 g/mol. The zero-order valence-electron chi connectivity index (χ0n) is 18.3. The lowest BCUT2D eigenvalue weighted by molar-refractivity contribution is -0.118. The van der Waals surface area contributed by atoms with Gasteiger partial charge in [-0.25, -0.2) is 4.98 Å². The van der Waals surface area contributed by atoms with Crippen molar-refractivity contribution in [3.05, 3.63) is 51.1 Å². The summed E-state index contributed by atoms with van der Waals surface area (Å²) >= 11 is 3.01. The van der Waals surface area contributed by atoms with Gasteiger partial charge in [0.15, 0.2) is 5.16 Å². The molecule has 2 aromatic heterocycles. The summed E-state index contributed by atoms with van der Waals surface area (Å²) in [7, 11) is 0. The highest BCUT2D eigenvalue weighted by Crippen LogP contribution is 2.35. The maximum Gasteiger partial charge on any atom is 0.267 e. The van der Waals surface area contributed by atoms with Crippen molar-refractivity contribution in [2.24, 2.45) is 5.92 Å². The van der Waals surface area contributed by atoms with Gasteiger partial charge >= 0.3 is 0 Å². The van der Waals surface area contributed by atoms with Crippen LogP contribution in [-0.2, 0) is 17.6 Å². The molecule has 5 rings (SSSR count). The highest BCUT2D eigenvalue weighted by Gasteiger charge is 2.23. The van der Waals surface area contributed by atoms with Gasteiger partial charge in [-0.1, -0.05) is 49.2 Å². The Kier molecular flexibility index (Phi) is 6.64. The molecule has 0 unspecified atom stereocenters. The van der Waals surface area contributed by atoms with Crippen molar-refractivity contribution in [2.45, 2.75) is 62.9 Å². The number of para-hydroxylation sites is 1. The maximum absolute atomic E-state index is 13.7. The van der Waals surface area contributed by atoms with E-state index >= 15 is 0 Å². The molecule has 1 amide bonds. The molecule has 0 bridgehead atoms. The molecular weight excluding hydrogens is 438 g/mol. The Morgan fingerprint density at radius 1 is 1.09 bits per heavy atom. The van der Waals surface area contributed by atoms with Gasteiger partial charge in [0, 0.05) is 11.4 Å². The first-order valence-electron chi connectivity index (χ1n) is 11.7. The molecule has 0 aliphatic heterocycles. The number of nitrogens with one attached hydrogen (secondary N) is 1. The number of benzene rings is 1. The molecular formula is C25H29N3O2S2. The highest BCUT2D eigenvalue weighted by atomic mass is 32.2. The van der Waals surface area contributed by atoms with Crippen LogP contribution in [0.3, 0.4) is 0 Å². The van der Waals surface area contributed by atoms with Crippen molar-refractivity contribution < 1.29 is 4.79 Å². The van der Waals surface area contributed by atoms with Gasteiger partial charge in [0.05, 0.1) is 16.8 Å². The summed E-state index contributed by atoms with van der Waals surface area (Å²) in [4.78, 5) is 33.3. The van der Waals surface area contributed by atoms with Crippen LogP contribution in [0.5, 0.6) is 0 Å². The van der Waals surface area contributed by atoms with Crippen LogP contribution in [0.25, 0.3) is 15.9 Å². The number of amides is 1. The lowest BCUT2D eigenvalue weighted by atomic mass is 9.89. The van der Waals surface area contributed by atoms with Crippen LogP contribution in [0.1, 0.15) is 55.4 Å². The Morgan fingerprint density at radius 2 is 1.88 bits per heavy atom. The zero-order valence-corrected chi connectivity index (χ0v) is 19.9. The number of hydrogen-bond acceptors (Lipinski definition) is 5. The molecule has 3 aromatic rings. The normalized spacial score (nSPS) is 16.8.